The maximum atomic E-state index is 3.73. The molecule has 0 fully saturated rings. The summed E-state index contributed by atoms with van der Waals surface area (Å²) in [5.41, 5.74) is 2.61. The number of allylic oxidation sites excluding steroid dienone is 3. The lowest BCUT2D eigenvalue weighted by Crippen LogP contribution is -1.96. The average Bonchev–Trinajstić information content (AvgIpc) is 2.42. The largest absolute Gasteiger partial charge is 0.0991 e. The molecular weight excluding hydrogens is 204 g/mol. The van der Waals surface area contributed by atoms with Crippen molar-refractivity contribution in [1.29, 1.82) is 0 Å². The van der Waals surface area contributed by atoms with Crippen molar-refractivity contribution in [3.05, 3.63) is 96.6 Å². The van der Waals surface area contributed by atoms with Crippen molar-refractivity contribution in [2.45, 2.75) is 5.92 Å². The van der Waals surface area contributed by atoms with E-state index in [9.17, 15) is 0 Å². The monoisotopic (exact) mass is 220 g/mol. The van der Waals surface area contributed by atoms with E-state index in [0.29, 0.717) is 5.92 Å². The van der Waals surface area contributed by atoms with Gasteiger partial charge in [-0.05, 0) is 11.1 Å². The highest BCUT2D eigenvalue weighted by Gasteiger charge is 2.08. The van der Waals surface area contributed by atoms with Crippen molar-refractivity contribution >= 4 is 0 Å². The van der Waals surface area contributed by atoms with Crippen molar-refractivity contribution < 1.29 is 0 Å². The molecule has 0 heterocycles. The van der Waals surface area contributed by atoms with Gasteiger partial charge in [0.05, 0.1) is 0 Å². The van der Waals surface area contributed by atoms with Crippen molar-refractivity contribution in [1.82, 2.24) is 0 Å². The second kappa shape index (κ2) is 5.86. The molecule has 0 N–H and O–H groups in total. The van der Waals surface area contributed by atoms with E-state index in [1.54, 1.807) is 0 Å². The second-order valence-corrected chi connectivity index (χ2v) is 3.92. The molecule has 2 rings (SSSR count). The Morgan fingerprint density at radius 3 is 1.65 bits per heavy atom. The number of rotatable bonds is 4. The summed E-state index contributed by atoms with van der Waals surface area (Å²) in [6, 6.07) is 21.0. The lowest BCUT2D eigenvalue weighted by atomic mass is 9.91. The molecule has 0 aromatic heterocycles. The van der Waals surface area contributed by atoms with Gasteiger partial charge in [0.25, 0.3) is 0 Å². The summed E-state index contributed by atoms with van der Waals surface area (Å²) in [5.74, 6) is 0.301. The molecule has 0 aliphatic carbocycles. The maximum absolute atomic E-state index is 3.73. The zero-order valence-corrected chi connectivity index (χ0v) is 9.79. The number of hydrogen-bond acceptors (Lipinski definition) is 0. The third-order valence-electron chi connectivity index (χ3n) is 2.76. The SMILES string of the molecule is C=C/C=C\C(c1ccccc1)c1ccccc1. The summed E-state index contributed by atoms with van der Waals surface area (Å²) < 4.78 is 0. The molecule has 84 valence electrons. The molecule has 0 saturated carbocycles. The predicted octanol–water partition coefficient (Wildman–Crippen LogP) is 4.56. The summed E-state index contributed by atoms with van der Waals surface area (Å²) in [5, 5.41) is 0. The highest BCUT2D eigenvalue weighted by atomic mass is 14.1. The lowest BCUT2D eigenvalue weighted by Gasteiger charge is -2.13. The summed E-state index contributed by atoms with van der Waals surface area (Å²) in [7, 11) is 0. The molecule has 0 heteroatoms. The van der Waals surface area contributed by atoms with Gasteiger partial charge in [-0.15, -0.1) is 0 Å². The van der Waals surface area contributed by atoms with E-state index in [1.807, 2.05) is 24.3 Å². The summed E-state index contributed by atoms with van der Waals surface area (Å²) in [6.45, 7) is 3.73. The van der Waals surface area contributed by atoms with E-state index in [1.165, 1.54) is 11.1 Å². The van der Waals surface area contributed by atoms with Crippen LogP contribution in [0.5, 0.6) is 0 Å². The van der Waals surface area contributed by atoms with Gasteiger partial charge in [-0.3, -0.25) is 0 Å². The second-order valence-electron chi connectivity index (χ2n) is 3.92. The van der Waals surface area contributed by atoms with Gasteiger partial charge in [0.1, 0.15) is 0 Å². The Hall–Kier alpha value is -2.08. The van der Waals surface area contributed by atoms with Gasteiger partial charge in [0, 0.05) is 5.92 Å². The fraction of sp³-hybridized carbons (Fsp3) is 0.0588. The van der Waals surface area contributed by atoms with Gasteiger partial charge in [0.2, 0.25) is 0 Å². The van der Waals surface area contributed by atoms with Gasteiger partial charge >= 0.3 is 0 Å². The summed E-state index contributed by atoms with van der Waals surface area (Å²) in [4.78, 5) is 0. The minimum absolute atomic E-state index is 0.301. The molecule has 0 radical (unpaired) electrons. The maximum Gasteiger partial charge on any atom is 0.0272 e. The van der Waals surface area contributed by atoms with Gasteiger partial charge < -0.3 is 0 Å². The van der Waals surface area contributed by atoms with Crippen LogP contribution in [-0.2, 0) is 0 Å². The van der Waals surface area contributed by atoms with Crippen LogP contribution in [-0.4, -0.2) is 0 Å². The third-order valence-corrected chi connectivity index (χ3v) is 2.76. The van der Waals surface area contributed by atoms with Gasteiger partial charge in [-0.2, -0.15) is 0 Å². The Bertz CT molecular complexity index is 440. The van der Waals surface area contributed by atoms with Crippen molar-refractivity contribution in [2.24, 2.45) is 0 Å². The first kappa shape index (κ1) is 11.4. The Morgan fingerprint density at radius 2 is 1.24 bits per heavy atom. The molecule has 0 spiro atoms. The number of hydrogen-bond donors (Lipinski definition) is 0. The minimum Gasteiger partial charge on any atom is -0.0991 e. The first-order valence-electron chi connectivity index (χ1n) is 5.81. The molecule has 0 nitrogen and oxygen atoms in total. The van der Waals surface area contributed by atoms with Crippen LogP contribution in [0, 0.1) is 0 Å². The minimum atomic E-state index is 0.301. The summed E-state index contributed by atoms with van der Waals surface area (Å²) in [6.07, 6.45) is 6.00. The van der Waals surface area contributed by atoms with E-state index in [4.69, 9.17) is 0 Å². The van der Waals surface area contributed by atoms with Crippen molar-refractivity contribution in [3.8, 4) is 0 Å². The fourth-order valence-corrected chi connectivity index (χ4v) is 1.93. The van der Waals surface area contributed by atoms with E-state index >= 15 is 0 Å². The lowest BCUT2D eigenvalue weighted by molar-refractivity contribution is 1.03. The van der Waals surface area contributed by atoms with E-state index in [0.717, 1.165) is 0 Å². The van der Waals surface area contributed by atoms with Crippen LogP contribution in [0.15, 0.2) is 85.5 Å². The number of benzene rings is 2. The van der Waals surface area contributed by atoms with Crippen LogP contribution < -0.4 is 0 Å². The molecule has 0 aliphatic rings. The van der Waals surface area contributed by atoms with Crippen LogP contribution >= 0.6 is 0 Å². The Kier molecular flexibility index (Phi) is 3.93. The van der Waals surface area contributed by atoms with E-state index in [2.05, 4.69) is 61.2 Å². The first-order valence-corrected chi connectivity index (χ1v) is 5.81. The third kappa shape index (κ3) is 2.94. The van der Waals surface area contributed by atoms with Crippen LogP contribution in [0.2, 0.25) is 0 Å². The summed E-state index contributed by atoms with van der Waals surface area (Å²) >= 11 is 0. The molecule has 0 bridgehead atoms. The van der Waals surface area contributed by atoms with Gasteiger partial charge in [0.15, 0.2) is 0 Å². The fourth-order valence-electron chi connectivity index (χ4n) is 1.93. The zero-order valence-electron chi connectivity index (χ0n) is 9.79. The topological polar surface area (TPSA) is 0 Å². The molecule has 0 aliphatic heterocycles. The van der Waals surface area contributed by atoms with Gasteiger partial charge in [-0.25, -0.2) is 0 Å². The standard InChI is InChI=1S/C17H16/c1-2-3-14-17(15-10-6-4-7-11-15)16-12-8-5-9-13-16/h2-14,17H,1H2/b14-3-. The molecule has 2 aromatic rings. The van der Waals surface area contributed by atoms with Gasteiger partial charge in [-0.1, -0.05) is 85.5 Å². The smallest absolute Gasteiger partial charge is 0.0272 e. The van der Waals surface area contributed by atoms with Crippen molar-refractivity contribution in [3.63, 3.8) is 0 Å². The molecule has 0 amide bonds. The molecule has 0 unspecified atom stereocenters. The first-order chi connectivity index (χ1) is 8.42. The molecule has 0 saturated heterocycles. The van der Waals surface area contributed by atoms with Crippen LogP contribution in [0.25, 0.3) is 0 Å². The molecule has 2 aromatic carbocycles. The van der Waals surface area contributed by atoms with Crippen LogP contribution in [0.1, 0.15) is 17.0 Å². The predicted molar refractivity (Wildman–Crippen MR) is 74.1 cm³/mol. The molecule has 17 heavy (non-hydrogen) atoms. The highest BCUT2D eigenvalue weighted by Crippen LogP contribution is 2.25. The van der Waals surface area contributed by atoms with E-state index < -0.39 is 0 Å². The van der Waals surface area contributed by atoms with E-state index in [-0.39, 0.29) is 0 Å². The van der Waals surface area contributed by atoms with Crippen molar-refractivity contribution in [2.75, 3.05) is 0 Å². The Balaban J connectivity index is 2.39. The highest BCUT2D eigenvalue weighted by molar-refractivity contribution is 5.37. The zero-order chi connectivity index (χ0) is 11.9. The normalized spacial score (nSPS) is 10.9. The Labute approximate surface area is 103 Å². The molecule has 0 atom stereocenters. The molecular formula is C17H16. The quantitative estimate of drug-likeness (QED) is 0.662. The average molecular weight is 220 g/mol. The van der Waals surface area contributed by atoms with Crippen LogP contribution in [0.3, 0.4) is 0 Å². The van der Waals surface area contributed by atoms with Crippen LogP contribution in [0.4, 0.5) is 0 Å². The Morgan fingerprint density at radius 1 is 0.765 bits per heavy atom.